The lowest BCUT2D eigenvalue weighted by Crippen LogP contribution is -2.31. The molecule has 2 heterocycles. The lowest BCUT2D eigenvalue weighted by Gasteiger charge is -2.29. The van der Waals surface area contributed by atoms with Crippen molar-refractivity contribution in [1.82, 2.24) is 4.90 Å². The van der Waals surface area contributed by atoms with Gasteiger partial charge in [-0.05, 0) is 52.1 Å². The van der Waals surface area contributed by atoms with Crippen molar-refractivity contribution in [2.45, 2.75) is 19.4 Å². The SMILES string of the molecule is COc1cc2c(cc1OC)CN(CC1=CCC(c3ccc4ccccc4c3)=N1)CC2. The number of aliphatic imine (C=N–C) groups is 1. The maximum absolute atomic E-state index is 5.49. The van der Waals surface area contributed by atoms with Crippen LogP contribution in [0.5, 0.6) is 11.5 Å². The molecule has 3 aromatic rings. The summed E-state index contributed by atoms with van der Waals surface area (Å²) in [5.74, 6) is 1.61. The van der Waals surface area contributed by atoms with E-state index in [-0.39, 0.29) is 0 Å². The highest BCUT2D eigenvalue weighted by Crippen LogP contribution is 2.33. The van der Waals surface area contributed by atoms with Gasteiger partial charge in [0, 0.05) is 26.1 Å². The van der Waals surface area contributed by atoms with Gasteiger partial charge >= 0.3 is 0 Å². The minimum Gasteiger partial charge on any atom is -0.493 e. The average Bonchev–Trinajstić information content (AvgIpc) is 3.26. The standard InChI is InChI=1S/C26H26N2O2/c1-29-25-14-20-11-12-28(16-22(20)15-26(25)30-2)17-23-9-10-24(27-23)21-8-7-18-5-3-4-6-19(18)13-21/h3-9,13-15H,10-12,16-17H2,1-2H3. The maximum Gasteiger partial charge on any atom is 0.161 e. The van der Waals surface area contributed by atoms with Crippen molar-refractivity contribution >= 4 is 16.5 Å². The first kappa shape index (κ1) is 18.9. The Morgan fingerprint density at radius 3 is 2.47 bits per heavy atom. The monoisotopic (exact) mass is 398 g/mol. The zero-order chi connectivity index (χ0) is 20.5. The molecule has 4 heteroatoms. The second-order valence-electron chi connectivity index (χ2n) is 7.96. The van der Waals surface area contributed by atoms with Gasteiger partial charge in [0.1, 0.15) is 0 Å². The van der Waals surface area contributed by atoms with Gasteiger partial charge in [0.15, 0.2) is 11.5 Å². The van der Waals surface area contributed by atoms with Crippen LogP contribution in [0.1, 0.15) is 23.1 Å². The molecule has 152 valence electrons. The predicted molar refractivity (Wildman–Crippen MR) is 122 cm³/mol. The van der Waals surface area contributed by atoms with Gasteiger partial charge in [0.2, 0.25) is 0 Å². The topological polar surface area (TPSA) is 34.1 Å². The van der Waals surface area contributed by atoms with Gasteiger partial charge in [-0.15, -0.1) is 0 Å². The van der Waals surface area contributed by atoms with Gasteiger partial charge in [0.05, 0.1) is 25.6 Å². The largest absolute Gasteiger partial charge is 0.493 e. The van der Waals surface area contributed by atoms with E-state index in [1.54, 1.807) is 14.2 Å². The van der Waals surface area contributed by atoms with Crippen molar-refractivity contribution in [2.75, 3.05) is 27.3 Å². The van der Waals surface area contributed by atoms with Gasteiger partial charge in [0.25, 0.3) is 0 Å². The van der Waals surface area contributed by atoms with E-state index >= 15 is 0 Å². The van der Waals surface area contributed by atoms with E-state index in [1.165, 1.54) is 38.9 Å². The number of hydrogen-bond donors (Lipinski definition) is 0. The Morgan fingerprint density at radius 1 is 0.900 bits per heavy atom. The highest BCUT2D eigenvalue weighted by molar-refractivity contribution is 6.05. The third-order valence-electron chi connectivity index (χ3n) is 6.07. The minimum absolute atomic E-state index is 0.801. The van der Waals surface area contributed by atoms with Crippen LogP contribution in [0.15, 0.2) is 71.4 Å². The Kier molecular flexibility index (Phi) is 5.01. The van der Waals surface area contributed by atoms with Crippen molar-refractivity contribution in [3.8, 4) is 11.5 Å². The number of benzene rings is 3. The number of allylic oxidation sites excluding steroid dienone is 1. The van der Waals surface area contributed by atoms with Crippen LogP contribution >= 0.6 is 0 Å². The third-order valence-corrected chi connectivity index (χ3v) is 6.07. The zero-order valence-corrected chi connectivity index (χ0v) is 17.5. The summed E-state index contributed by atoms with van der Waals surface area (Å²) in [7, 11) is 3.38. The number of ether oxygens (including phenoxy) is 2. The molecule has 0 fully saturated rings. The molecule has 2 aliphatic rings. The molecule has 0 bridgehead atoms. The molecule has 0 saturated heterocycles. The Labute approximate surface area is 177 Å². The highest BCUT2D eigenvalue weighted by Gasteiger charge is 2.21. The predicted octanol–water partition coefficient (Wildman–Crippen LogP) is 4.99. The molecule has 0 N–H and O–H groups in total. The summed E-state index contributed by atoms with van der Waals surface area (Å²) in [5, 5.41) is 2.54. The molecule has 0 saturated carbocycles. The summed E-state index contributed by atoms with van der Waals surface area (Å²) in [6, 6.07) is 19.4. The first-order chi connectivity index (χ1) is 14.7. The van der Waals surface area contributed by atoms with Gasteiger partial charge in [-0.3, -0.25) is 9.89 Å². The molecule has 5 rings (SSSR count). The van der Waals surface area contributed by atoms with Crippen LogP contribution in [0, 0.1) is 0 Å². The molecule has 4 nitrogen and oxygen atoms in total. The number of rotatable bonds is 5. The fraction of sp³-hybridized carbons (Fsp3) is 0.269. The first-order valence-corrected chi connectivity index (χ1v) is 10.5. The average molecular weight is 399 g/mol. The van der Waals surface area contributed by atoms with Gasteiger partial charge in [-0.25, -0.2) is 0 Å². The van der Waals surface area contributed by atoms with E-state index in [1.807, 2.05) is 0 Å². The maximum atomic E-state index is 5.49. The summed E-state index contributed by atoms with van der Waals surface area (Å²) >= 11 is 0. The fourth-order valence-electron chi connectivity index (χ4n) is 4.44. The lowest BCUT2D eigenvalue weighted by molar-refractivity contribution is 0.273. The van der Waals surface area contributed by atoms with E-state index in [2.05, 4.69) is 65.6 Å². The summed E-state index contributed by atoms with van der Waals surface area (Å²) < 4.78 is 10.9. The van der Waals surface area contributed by atoms with E-state index in [0.29, 0.717) is 0 Å². The quantitative estimate of drug-likeness (QED) is 0.607. The number of methoxy groups -OCH3 is 2. The van der Waals surface area contributed by atoms with Crippen molar-refractivity contribution < 1.29 is 9.47 Å². The van der Waals surface area contributed by atoms with E-state index < -0.39 is 0 Å². The Bertz CT molecular complexity index is 1160. The molecule has 3 aromatic carbocycles. The second-order valence-corrected chi connectivity index (χ2v) is 7.96. The zero-order valence-electron chi connectivity index (χ0n) is 17.5. The second kappa shape index (κ2) is 7.96. The normalized spacial score (nSPS) is 16.2. The molecular formula is C26H26N2O2. The summed E-state index contributed by atoms with van der Waals surface area (Å²) in [6.07, 6.45) is 4.20. The van der Waals surface area contributed by atoms with E-state index in [4.69, 9.17) is 14.5 Å². The van der Waals surface area contributed by atoms with E-state index in [9.17, 15) is 0 Å². The minimum atomic E-state index is 0.801. The number of nitrogens with zero attached hydrogens (tertiary/aromatic N) is 2. The van der Waals surface area contributed by atoms with Crippen molar-refractivity contribution in [3.05, 3.63) is 83.1 Å². The Morgan fingerprint density at radius 2 is 1.67 bits per heavy atom. The Balaban J connectivity index is 1.30. The van der Waals surface area contributed by atoms with Crippen LogP contribution in [-0.2, 0) is 13.0 Å². The van der Waals surface area contributed by atoms with Crippen LogP contribution in [-0.4, -0.2) is 37.9 Å². The van der Waals surface area contributed by atoms with Crippen molar-refractivity contribution in [2.24, 2.45) is 4.99 Å². The molecular weight excluding hydrogens is 372 g/mol. The van der Waals surface area contributed by atoms with Gasteiger partial charge < -0.3 is 9.47 Å². The van der Waals surface area contributed by atoms with Crippen LogP contribution in [0.3, 0.4) is 0 Å². The van der Waals surface area contributed by atoms with Crippen molar-refractivity contribution in [1.29, 1.82) is 0 Å². The van der Waals surface area contributed by atoms with Crippen molar-refractivity contribution in [3.63, 3.8) is 0 Å². The third kappa shape index (κ3) is 3.59. The smallest absolute Gasteiger partial charge is 0.161 e. The van der Waals surface area contributed by atoms with Crippen LogP contribution in [0.2, 0.25) is 0 Å². The fourth-order valence-corrected chi connectivity index (χ4v) is 4.44. The summed E-state index contributed by atoms with van der Waals surface area (Å²) in [4.78, 5) is 7.43. The summed E-state index contributed by atoms with van der Waals surface area (Å²) in [6.45, 7) is 2.82. The molecule has 30 heavy (non-hydrogen) atoms. The van der Waals surface area contributed by atoms with Crippen LogP contribution < -0.4 is 9.47 Å². The first-order valence-electron chi connectivity index (χ1n) is 10.5. The Hall–Kier alpha value is -3.11. The number of hydrogen-bond acceptors (Lipinski definition) is 4. The molecule has 0 atom stereocenters. The van der Waals surface area contributed by atoms with Crippen LogP contribution in [0.4, 0.5) is 0 Å². The molecule has 0 unspecified atom stereocenters. The molecule has 0 aliphatic carbocycles. The highest BCUT2D eigenvalue weighted by atomic mass is 16.5. The molecule has 2 aliphatic heterocycles. The van der Waals surface area contributed by atoms with Gasteiger partial charge in [-0.1, -0.05) is 42.5 Å². The summed E-state index contributed by atoms with van der Waals surface area (Å²) in [5.41, 5.74) is 6.23. The number of fused-ring (bicyclic) bond motifs is 2. The lowest BCUT2D eigenvalue weighted by atomic mass is 9.98. The molecule has 0 spiro atoms. The van der Waals surface area contributed by atoms with Gasteiger partial charge in [-0.2, -0.15) is 0 Å². The van der Waals surface area contributed by atoms with Crippen LogP contribution in [0.25, 0.3) is 10.8 Å². The molecule has 0 aromatic heterocycles. The molecule has 0 amide bonds. The molecule has 0 radical (unpaired) electrons. The van der Waals surface area contributed by atoms with E-state index in [0.717, 1.165) is 44.0 Å².